The number of nitrogens with zero attached hydrogens (tertiary/aromatic N) is 4. The molecule has 0 aliphatic carbocycles. The van der Waals surface area contributed by atoms with E-state index < -0.39 is 6.09 Å². The van der Waals surface area contributed by atoms with Crippen LogP contribution in [0.1, 0.15) is 5.69 Å². The number of benzene rings is 2. The summed E-state index contributed by atoms with van der Waals surface area (Å²) in [4.78, 5) is 24.5. The Hall–Kier alpha value is -3.67. The summed E-state index contributed by atoms with van der Waals surface area (Å²) in [5, 5.41) is 11.4. The van der Waals surface area contributed by atoms with Crippen LogP contribution >= 0.6 is 11.8 Å². The molecule has 11 heteroatoms. The maximum atomic E-state index is 12.1. The lowest BCUT2D eigenvalue weighted by Crippen LogP contribution is -2.38. The smallest absolute Gasteiger partial charge is 0.411 e. The molecule has 3 heterocycles. The molecule has 1 aliphatic heterocycles. The quantitative estimate of drug-likeness (QED) is 0.320. The third-order valence-corrected chi connectivity index (χ3v) is 6.64. The Bertz CT molecular complexity index is 1350. The molecule has 0 bridgehead atoms. The van der Waals surface area contributed by atoms with Crippen molar-refractivity contribution >= 4 is 40.3 Å². The van der Waals surface area contributed by atoms with Crippen LogP contribution in [-0.2, 0) is 9.47 Å². The number of fused-ring (bicyclic) bond motifs is 1. The number of aromatic nitrogens is 4. The van der Waals surface area contributed by atoms with Gasteiger partial charge in [0.15, 0.2) is 5.16 Å². The van der Waals surface area contributed by atoms with Crippen molar-refractivity contribution in [3.63, 3.8) is 0 Å². The Morgan fingerprint density at radius 3 is 2.75 bits per heavy atom. The van der Waals surface area contributed by atoms with Crippen molar-refractivity contribution in [2.24, 2.45) is 0 Å². The lowest BCUT2D eigenvalue weighted by molar-refractivity contribution is 0.0290. The monoisotopic (exact) mass is 505 g/mol. The fourth-order valence-corrected chi connectivity index (χ4v) is 4.73. The second-order valence-corrected chi connectivity index (χ2v) is 9.41. The van der Waals surface area contributed by atoms with Crippen LogP contribution in [0.5, 0.6) is 0 Å². The van der Waals surface area contributed by atoms with Gasteiger partial charge in [0, 0.05) is 41.5 Å². The number of nitrogens with two attached hydrogens (primary N) is 1. The second-order valence-electron chi connectivity index (χ2n) is 8.37. The molecule has 0 atom stereocenters. The zero-order valence-corrected chi connectivity index (χ0v) is 20.7. The Morgan fingerprint density at radius 2 is 2.00 bits per heavy atom. The number of morpholine rings is 1. The van der Waals surface area contributed by atoms with Crippen LogP contribution in [0, 0.1) is 6.92 Å². The van der Waals surface area contributed by atoms with E-state index in [1.165, 1.54) is 11.8 Å². The van der Waals surface area contributed by atoms with E-state index in [1.54, 1.807) is 0 Å². The first-order valence-corrected chi connectivity index (χ1v) is 12.5. The molecular formula is C25H27N7O3S. The molecule has 4 N–H and O–H groups in total. The number of nitrogen functional groups attached to an aromatic ring is 1. The van der Waals surface area contributed by atoms with Crippen molar-refractivity contribution in [1.29, 1.82) is 0 Å². The molecule has 0 spiro atoms. The summed E-state index contributed by atoms with van der Waals surface area (Å²) < 4.78 is 10.6. The van der Waals surface area contributed by atoms with Crippen molar-refractivity contribution in [3.05, 3.63) is 54.2 Å². The van der Waals surface area contributed by atoms with Gasteiger partial charge in [-0.2, -0.15) is 5.10 Å². The number of H-pyrrole nitrogens is 1. The van der Waals surface area contributed by atoms with Crippen molar-refractivity contribution < 1.29 is 14.3 Å². The third kappa shape index (κ3) is 5.76. The number of aromatic amines is 1. The number of carbonyl (C=O) groups is 1. The van der Waals surface area contributed by atoms with Gasteiger partial charge in [-0.1, -0.05) is 12.1 Å². The number of hydrogen-bond acceptors (Lipinski definition) is 9. The molecule has 186 valence electrons. The first-order valence-electron chi connectivity index (χ1n) is 11.7. The van der Waals surface area contributed by atoms with E-state index in [0.717, 1.165) is 59.1 Å². The highest BCUT2D eigenvalue weighted by atomic mass is 32.2. The SMILES string of the molecule is Cc1cc(-c2cccc3nc(Sc4ccc(NC(=O)OCCN5CCOCC5)cc4)nc(N)c23)n[nH]1. The third-order valence-electron chi connectivity index (χ3n) is 5.77. The van der Waals surface area contributed by atoms with Gasteiger partial charge in [-0.25, -0.2) is 14.8 Å². The lowest BCUT2D eigenvalue weighted by atomic mass is 10.1. The van der Waals surface area contributed by atoms with Gasteiger partial charge in [0.25, 0.3) is 0 Å². The van der Waals surface area contributed by atoms with Gasteiger partial charge in [0.1, 0.15) is 12.4 Å². The summed E-state index contributed by atoms with van der Waals surface area (Å²) >= 11 is 1.40. The van der Waals surface area contributed by atoms with Gasteiger partial charge in [-0.15, -0.1) is 0 Å². The van der Waals surface area contributed by atoms with Crippen molar-refractivity contribution in [2.75, 3.05) is 50.5 Å². The minimum atomic E-state index is -0.475. The highest BCUT2D eigenvalue weighted by Crippen LogP contribution is 2.33. The summed E-state index contributed by atoms with van der Waals surface area (Å²) in [5.74, 6) is 0.400. The van der Waals surface area contributed by atoms with E-state index in [1.807, 2.05) is 55.5 Å². The van der Waals surface area contributed by atoms with Crippen LogP contribution in [0.4, 0.5) is 16.3 Å². The molecule has 2 aromatic heterocycles. The average Bonchev–Trinajstić information content (AvgIpc) is 3.31. The molecule has 36 heavy (non-hydrogen) atoms. The molecule has 0 unspecified atom stereocenters. The first-order chi connectivity index (χ1) is 17.5. The Labute approximate surface area is 212 Å². The van der Waals surface area contributed by atoms with Gasteiger partial charge in [0.2, 0.25) is 0 Å². The van der Waals surface area contributed by atoms with Gasteiger partial charge >= 0.3 is 6.09 Å². The van der Waals surface area contributed by atoms with Crippen molar-refractivity contribution in [3.8, 4) is 11.3 Å². The van der Waals surface area contributed by atoms with Crippen LogP contribution in [0.15, 0.2) is 58.6 Å². The minimum absolute atomic E-state index is 0.335. The summed E-state index contributed by atoms with van der Waals surface area (Å²) in [7, 11) is 0. The summed E-state index contributed by atoms with van der Waals surface area (Å²) in [6, 6.07) is 15.2. The predicted molar refractivity (Wildman–Crippen MR) is 139 cm³/mol. The maximum Gasteiger partial charge on any atom is 0.411 e. The molecule has 2 aromatic carbocycles. The number of ether oxygens (including phenoxy) is 2. The van der Waals surface area contributed by atoms with Crippen LogP contribution in [0.3, 0.4) is 0 Å². The number of nitrogens with one attached hydrogen (secondary N) is 2. The highest BCUT2D eigenvalue weighted by molar-refractivity contribution is 7.99. The van der Waals surface area contributed by atoms with Crippen LogP contribution in [-0.4, -0.2) is 70.6 Å². The van der Waals surface area contributed by atoms with Crippen LogP contribution in [0.25, 0.3) is 22.2 Å². The topological polar surface area (TPSA) is 131 Å². The molecule has 4 aromatic rings. The summed E-state index contributed by atoms with van der Waals surface area (Å²) in [6.45, 7) is 6.15. The average molecular weight is 506 g/mol. The molecule has 1 fully saturated rings. The molecule has 0 radical (unpaired) electrons. The predicted octanol–water partition coefficient (Wildman–Crippen LogP) is 3.94. The maximum absolute atomic E-state index is 12.1. The van der Waals surface area contributed by atoms with Gasteiger partial charge in [-0.05, 0) is 55.1 Å². The number of carbonyl (C=O) groups excluding carboxylic acids is 1. The fourth-order valence-electron chi connectivity index (χ4n) is 3.96. The molecule has 10 nitrogen and oxygen atoms in total. The Kier molecular flexibility index (Phi) is 7.31. The molecule has 1 aliphatic rings. The number of rotatable bonds is 7. The molecule has 5 rings (SSSR count). The number of anilines is 2. The zero-order valence-electron chi connectivity index (χ0n) is 19.9. The van der Waals surface area contributed by atoms with E-state index in [-0.39, 0.29) is 0 Å². The van der Waals surface area contributed by atoms with Crippen molar-refractivity contribution in [2.45, 2.75) is 17.0 Å². The molecule has 0 saturated carbocycles. The van der Waals surface area contributed by atoms with E-state index in [9.17, 15) is 4.79 Å². The Balaban J connectivity index is 1.21. The van der Waals surface area contributed by atoms with Crippen molar-refractivity contribution in [1.82, 2.24) is 25.1 Å². The largest absolute Gasteiger partial charge is 0.448 e. The van der Waals surface area contributed by atoms with E-state index >= 15 is 0 Å². The number of hydrogen-bond donors (Lipinski definition) is 3. The normalized spacial score (nSPS) is 14.1. The Morgan fingerprint density at radius 1 is 1.19 bits per heavy atom. The van der Waals surface area contributed by atoms with Gasteiger partial charge < -0.3 is 15.2 Å². The van der Waals surface area contributed by atoms with E-state index in [0.29, 0.717) is 29.8 Å². The standard InChI is InChI=1S/C25H27N7O3S/c1-16-15-21(31-30-16)19-3-2-4-20-22(19)23(26)29-24(28-20)36-18-7-5-17(6-8-18)27-25(33)35-14-11-32-9-12-34-13-10-32/h2-8,15H,9-14H2,1H3,(H,27,33)(H,30,31)(H2,26,28,29). The van der Waals surface area contributed by atoms with Gasteiger partial charge in [-0.3, -0.25) is 15.3 Å². The zero-order chi connectivity index (χ0) is 24.9. The first kappa shape index (κ1) is 24.0. The number of aryl methyl sites for hydroxylation is 1. The summed E-state index contributed by atoms with van der Waals surface area (Å²) in [6.07, 6.45) is -0.475. The lowest BCUT2D eigenvalue weighted by Gasteiger charge is -2.26. The highest BCUT2D eigenvalue weighted by Gasteiger charge is 2.14. The molecule has 1 saturated heterocycles. The summed E-state index contributed by atoms with van der Waals surface area (Å²) in [5.41, 5.74) is 10.4. The van der Waals surface area contributed by atoms with E-state index in [4.69, 9.17) is 20.2 Å². The molecular weight excluding hydrogens is 478 g/mol. The van der Waals surface area contributed by atoms with Gasteiger partial charge in [0.05, 0.1) is 29.8 Å². The molecule has 1 amide bonds. The minimum Gasteiger partial charge on any atom is -0.448 e. The fraction of sp³-hybridized carbons (Fsp3) is 0.280. The van der Waals surface area contributed by atoms with E-state index in [2.05, 4.69) is 25.4 Å². The van der Waals surface area contributed by atoms with Crippen LogP contribution < -0.4 is 11.1 Å². The van der Waals surface area contributed by atoms with Crippen LogP contribution in [0.2, 0.25) is 0 Å². The number of amides is 1. The second kappa shape index (κ2) is 10.9.